The lowest BCUT2D eigenvalue weighted by atomic mass is 10.1. The lowest BCUT2D eigenvalue weighted by Crippen LogP contribution is -2.15. The lowest BCUT2D eigenvalue weighted by molar-refractivity contribution is 0.102. The van der Waals surface area contributed by atoms with Crippen molar-refractivity contribution in [2.45, 2.75) is 19.8 Å². The number of halogens is 1. The van der Waals surface area contributed by atoms with E-state index in [-0.39, 0.29) is 5.91 Å². The molecule has 0 saturated carbocycles. The molecule has 23 heavy (non-hydrogen) atoms. The van der Waals surface area contributed by atoms with Crippen molar-refractivity contribution in [1.29, 1.82) is 0 Å². The topological polar surface area (TPSA) is 64.7 Å². The number of nitrogens with one attached hydrogen (secondary N) is 1. The van der Waals surface area contributed by atoms with Gasteiger partial charge in [-0.2, -0.15) is 5.10 Å². The average molecular weight is 332 g/mol. The van der Waals surface area contributed by atoms with Crippen LogP contribution in [-0.2, 0) is 14.1 Å². The standard InChI is InChI=1S/C16H18ClN5O/c1-9(2)14-8-12(20-22(14)4)15(23)19-16-18-11-7-10(17)5-6-13(11)21(16)3/h5-9H,1-4H3,(H,18,19,23). The fraction of sp³-hybridized carbons (Fsp3) is 0.312. The van der Waals surface area contributed by atoms with Gasteiger partial charge in [-0.15, -0.1) is 0 Å². The van der Waals surface area contributed by atoms with Crippen LogP contribution in [0, 0.1) is 0 Å². The van der Waals surface area contributed by atoms with E-state index in [0.29, 0.717) is 22.6 Å². The van der Waals surface area contributed by atoms with E-state index in [0.717, 1.165) is 16.7 Å². The minimum atomic E-state index is -0.281. The molecule has 0 bridgehead atoms. The van der Waals surface area contributed by atoms with Crippen LogP contribution < -0.4 is 5.32 Å². The van der Waals surface area contributed by atoms with Gasteiger partial charge in [0.25, 0.3) is 5.91 Å². The van der Waals surface area contributed by atoms with Crippen LogP contribution in [0.15, 0.2) is 24.3 Å². The van der Waals surface area contributed by atoms with Crippen molar-refractivity contribution < 1.29 is 4.79 Å². The van der Waals surface area contributed by atoms with Crippen molar-refractivity contribution in [2.75, 3.05) is 5.32 Å². The molecular weight excluding hydrogens is 314 g/mol. The minimum absolute atomic E-state index is 0.281. The average Bonchev–Trinajstić information content (AvgIpc) is 3.00. The van der Waals surface area contributed by atoms with Gasteiger partial charge in [-0.3, -0.25) is 14.8 Å². The van der Waals surface area contributed by atoms with Crippen molar-refractivity contribution in [3.63, 3.8) is 0 Å². The molecule has 1 aromatic carbocycles. The number of rotatable bonds is 3. The maximum atomic E-state index is 12.4. The second kappa shape index (κ2) is 5.70. The molecule has 0 aliphatic carbocycles. The molecule has 6 nitrogen and oxygen atoms in total. The quantitative estimate of drug-likeness (QED) is 0.800. The first kappa shape index (κ1) is 15.6. The van der Waals surface area contributed by atoms with Crippen molar-refractivity contribution in [3.05, 3.63) is 40.7 Å². The summed E-state index contributed by atoms with van der Waals surface area (Å²) in [6.07, 6.45) is 0. The van der Waals surface area contributed by atoms with E-state index >= 15 is 0 Å². The van der Waals surface area contributed by atoms with Crippen molar-refractivity contribution in [3.8, 4) is 0 Å². The molecule has 3 aromatic rings. The normalized spacial score (nSPS) is 11.4. The van der Waals surface area contributed by atoms with Gasteiger partial charge in [0.2, 0.25) is 5.95 Å². The largest absolute Gasteiger partial charge is 0.313 e. The van der Waals surface area contributed by atoms with E-state index in [1.54, 1.807) is 22.9 Å². The smallest absolute Gasteiger partial charge is 0.278 e. The Morgan fingerprint density at radius 3 is 2.65 bits per heavy atom. The highest BCUT2D eigenvalue weighted by atomic mass is 35.5. The molecule has 1 N–H and O–H groups in total. The van der Waals surface area contributed by atoms with Crippen LogP contribution in [0.25, 0.3) is 11.0 Å². The first-order chi connectivity index (χ1) is 10.9. The van der Waals surface area contributed by atoms with Crippen LogP contribution in [-0.4, -0.2) is 25.2 Å². The van der Waals surface area contributed by atoms with E-state index in [1.165, 1.54) is 0 Å². The van der Waals surface area contributed by atoms with Crippen LogP contribution in [0.4, 0.5) is 5.95 Å². The van der Waals surface area contributed by atoms with Gasteiger partial charge >= 0.3 is 0 Å². The lowest BCUT2D eigenvalue weighted by Gasteiger charge is -2.03. The molecule has 120 valence electrons. The van der Waals surface area contributed by atoms with Crippen LogP contribution in [0.5, 0.6) is 0 Å². The molecule has 0 aliphatic heterocycles. The molecule has 0 radical (unpaired) electrons. The Labute approximate surface area is 139 Å². The fourth-order valence-corrected chi connectivity index (χ4v) is 2.75. The molecule has 0 unspecified atom stereocenters. The SMILES string of the molecule is CC(C)c1cc(C(=O)Nc2nc3cc(Cl)ccc3n2C)nn1C. The predicted molar refractivity (Wildman–Crippen MR) is 91.0 cm³/mol. The van der Waals surface area contributed by atoms with Gasteiger partial charge in [-0.25, -0.2) is 4.98 Å². The number of hydrogen-bond donors (Lipinski definition) is 1. The van der Waals surface area contributed by atoms with Crippen LogP contribution >= 0.6 is 11.6 Å². The zero-order valence-corrected chi connectivity index (χ0v) is 14.2. The maximum absolute atomic E-state index is 12.4. The second-order valence-corrected chi connectivity index (χ2v) is 6.25. The van der Waals surface area contributed by atoms with Gasteiger partial charge in [0, 0.05) is 24.8 Å². The van der Waals surface area contributed by atoms with Crippen molar-refractivity contribution in [1.82, 2.24) is 19.3 Å². The summed E-state index contributed by atoms with van der Waals surface area (Å²) in [6.45, 7) is 4.13. The maximum Gasteiger partial charge on any atom is 0.278 e. The van der Waals surface area contributed by atoms with Crippen LogP contribution in [0.3, 0.4) is 0 Å². The fourth-order valence-electron chi connectivity index (χ4n) is 2.58. The third-order valence-corrected chi connectivity index (χ3v) is 4.04. The molecule has 3 rings (SSSR count). The summed E-state index contributed by atoms with van der Waals surface area (Å²) in [6, 6.07) is 7.24. The Morgan fingerprint density at radius 1 is 1.26 bits per heavy atom. The van der Waals surface area contributed by atoms with Gasteiger partial charge in [-0.05, 0) is 30.2 Å². The van der Waals surface area contributed by atoms with Crippen LogP contribution in [0.2, 0.25) is 5.02 Å². The highest BCUT2D eigenvalue weighted by Crippen LogP contribution is 2.22. The van der Waals surface area contributed by atoms with Gasteiger partial charge in [0.05, 0.1) is 11.0 Å². The van der Waals surface area contributed by atoms with Gasteiger partial charge in [0.15, 0.2) is 5.69 Å². The number of imidazole rings is 1. The summed E-state index contributed by atoms with van der Waals surface area (Å²) in [5, 5.41) is 7.69. The number of nitrogens with zero attached hydrogens (tertiary/aromatic N) is 4. The van der Waals surface area contributed by atoms with E-state index in [1.807, 2.05) is 24.7 Å². The van der Waals surface area contributed by atoms with Crippen molar-refractivity contribution >= 4 is 34.5 Å². The summed E-state index contributed by atoms with van der Waals surface area (Å²) in [4.78, 5) is 16.8. The molecule has 2 heterocycles. The molecule has 0 aliphatic rings. The highest BCUT2D eigenvalue weighted by molar-refractivity contribution is 6.31. The molecule has 0 spiro atoms. The van der Waals surface area contributed by atoms with E-state index < -0.39 is 0 Å². The van der Waals surface area contributed by atoms with E-state index in [9.17, 15) is 4.79 Å². The number of carbonyl (C=O) groups is 1. The zero-order chi connectivity index (χ0) is 16.7. The number of aryl methyl sites for hydroxylation is 2. The molecular formula is C16H18ClN5O. The Morgan fingerprint density at radius 2 is 2.00 bits per heavy atom. The first-order valence-corrected chi connectivity index (χ1v) is 7.72. The molecule has 0 fully saturated rings. The monoisotopic (exact) mass is 331 g/mol. The number of benzene rings is 1. The second-order valence-electron chi connectivity index (χ2n) is 5.81. The van der Waals surface area contributed by atoms with Gasteiger partial charge < -0.3 is 4.57 Å². The van der Waals surface area contributed by atoms with Gasteiger partial charge in [0.1, 0.15) is 0 Å². The molecule has 0 atom stereocenters. The number of hydrogen-bond acceptors (Lipinski definition) is 3. The summed E-state index contributed by atoms with van der Waals surface area (Å²) >= 11 is 5.98. The molecule has 1 amide bonds. The van der Waals surface area contributed by atoms with Crippen molar-refractivity contribution in [2.24, 2.45) is 14.1 Å². The first-order valence-electron chi connectivity index (χ1n) is 7.34. The predicted octanol–water partition coefficient (Wildman–Crippen LogP) is 3.34. The Hall–Kier alpha value is -2.34. The van der Waals surface area contributed by atoms with E-state index in [2.05, 4.69) is 29.2 Å². The number of aromatic nitrogens is 4. The van der Waals surface area contributed by atoms with Gasteiger partial charge in [-0.1, -0.05) is 25.4 Å². The number of carbonyl (C=O) groups excluding carboxylic acids is 1. The molecule has 2 aromatic heterocycles. The zero-order valence-electron chi connectivity index (χ0n) is 13.5. The minimum Gasteiger partial charge on any atom is -0.313 e. The number of amides is 1. The molecule has 0 saturated heterocycles. The Kier molecular flexibility index (Phi) is 3.85. The number of fused-ring (bicyclic) bond motifs is 1. The summed E-state index contributed by atoms with van der Waals surface area (Å²) in [5.41, 5.74) is 3.01. The molecule has 7 heteroatoms. The highest BCUT2D eigenvalue weighted by Gasteiger charge is 2.17. The third-order valence-electron chi connectivity index (χ3n) is 3.81. The Balaban J connectivity index is 1.91. The summed E-state index contributed by atoms with van der Waals surface area (Å²) in [5.74, 6) is 0.480. The third kappa shape index (κ3) is 2.82. The summed E-state index contributed by atoms with van der Waals surface area (Å²) < 4.78 is 3.55. The van der Waals surface area contributed by atoms with Crippen LogP contribution in [0.1, 0.15) is 35.9 Å². The summed E-state index contributed by atoms with van der Waals surface area (Å²) in [7, 11) is 3.68. The number of anilines is 1. The Bertz CT molecular complexity index is 893. The van der Waals surface area contributed by atoms with E-state index in [4.69, 9.17) is 11.6 Å².